The van der Waals surface area contributed by atoms with E-state index in [4.69, 9.17) is 0 Å². The molecule has 0 fully saturated rings. The molecule has 6 nitrogen and oxygen atoms in total. The van der Waals surface area contributed by atoms with Gasteiger partial charge in [0, 0.05) is 5.56 Å². The number of nitrogens with zero attached hydrogens (tertiary/aromatic N) is 2. The van der Waals surface area contributed by atoms with Crippen LogP contribution in [-0.2, 0) is 4.79 Å². The summed E-state index contributed by atoms with van der Waals surface area (Å²) in [6, 6.07) is 12.6. The Hall–Kier alpha value is -2.77. The van der Waals surface area contributed by atoms with E-state index < -0.39 is 0 Å². The molecule has 2 N–H and O–H groups in total. The van der Waals surface area contributed by atoms with Crippen molar-refractivity contribution >= 4 is 44.7 Å². The molecule has 0 aliphatic heterocycles. The molecule has 1 heterocycles. The summed E-state index contributed by atoms with van der Waals surface area (Å²) in [6.45, 7) is 2.21. The summed E-state index contributed by atoms with van der Waals surface area (Å²) in [7, 11) is 3.65. The zero-order valence-corrected chi connectivity index (χ0v) is 15.7. The third-order valence-corrected chi connectivity index (χ3v) is 4.60. The molecule has 3 aromatic rings. The Morgan fingerprint density at radius 1 is 1.08 bits per heavy atom. The zero-order valence-electron chi connectivity index (χ0n) is 14.9. The number of carbonyl (C=O) groups excluding carboxylic acids is 2. The van der Waals surface area contributed by atoms with Crippen LogP contribution in [0.5, 0.6) is 0 Å². The Bertz CT molecular complexity index is 965. The van der Waals surface area contributed by atoms with E-state index in [-0.39, 0.29) is 18.4 Å². The number of benzene rings is 2. The fourth-order valence-electron chi connectivity index (χ4n) is 2.55. The number of para-hydroxylation sites is 2. The molecule has 7 heteroatoms. The van der Waals surface area contributed by atoms with Crippen LogP contribution in [0, 0.1) is 6.92 Å². The molecule has 0 bridgehead atoms. The van der Waals surface area contributed by atoms with Crippen LogP contribution in [0.25, 0.3) is 10.2 Å². The molecule has 0 saturated heterocycles. The fraction of sp³-hybridized carbons (Fsp3) is 0.211. The van der Waals surface area contributed by atoms with Crippen molar-refractivity contribution in [3.05, 3.63) is 53.0 Å². The highest BCUT2D eigenvalue weighted by Crippen LogP contribution is 2.25. The van der Waals surface area contributed by atoms with Crippen molar-refractivity contribution in [1.29, 1.82) is 0 Å². The van der Waals surface area contributed by atoms with Crippen LogP contribution in [0.4, 0.5) is 11.4 Å². The summed E-state index contributed by atoms with van der Waals surface area (Å²) in [5.41, 5.74) is 2.57. The van der Waals surface area contributed by atoms with Crippen molar-refractivity contribution < 1.29 is 9.59 Å². The van der Waals surface area contributed by atoms with Crippen molar-refractivity contribution in [2.24, 2.45) is 0 Å². The maximum atomic E-state index is 12.6. The van der Waals surface area contributed by atoms with Crippen LogP contribution in [0.2, 0.25) is 0 Å². The maximum absolute atomic E-state index is 12.6. The standard InChI is InChI=1S/C19H20N4O2S/c1-12-20-16-9-8-13(10-17(16)26-12)19(25)22-15-7-5-4-6-14(15)21-18(24)11-23(2)3/h4-10H,11H2,1-3H3,(H,21,24)(H,22,25). The van der Waals surface area contributed by atoms with Gasteiger partial charge in [-0.3, -0.25) is 9.59 Å². The van der Waals surface area contributed by atoms with Crippen molar-refractivity contribution in [3.63, 3.8) is 0 Å². The smallest absolute Gasteiger partial charge is 0.255 e. The van der Waals surface area contributed by atoms with Gasteiger partial charge in [-0.15, -0.1) is 11.3 Å². The van der Waals surface area contributed by atoms with Gasteiger partial charge in [0.2, 0.25) is 5.91 Å². The number of rotatable bonds is 5. The van der Waals surface area contributed by atoms with Gasteiger partial charge < -0.3 is 15.5 Å². The van der Waals surface area contributed by atoms with Crippen LogP contribution in [0.3, 0.4) is 0 Å². The van der Waals surface area contributed by atoms with E-state index in [1.54, 1.807) is 34.4 Å². The third-order valence-electron chi connectivity index (χ3n) is 3.67. The van der Waals surface area contributed by atoms with E-state index in [0.29, 0.717) is 16.9 Å². The Kier molecular flexibility index (Phi) is 5.29. The maximum Gasteiger partial charge on any atom is 0.255 e. The monoisotopic (exact) mass is 368 g/mol. The van der Waals surface area contributed by atoms with Crippen LogP contribution < -0.4 is 10.6 Å². The predicted molar refractivity (Wildman–Crippen MR) is 106 cm³/mol. The number of fused-ring (bicyclic) bond motifs is 1. The number of nitrogens with one attached hydrogen (secondary N) is 2. The SMILES string of the molecule is Cc1nc2ccc(C(=O)Nc3ccccc3NC(=O)CN(C)C)cc2s1. The van der Waals surface area contributed by atoms with Crippen LogP contribution >= 0.6 is 11.3 Å². The molecule has 0 atom stereocenters. The Morgan fingerprint density at radius 2 is 1.77 bits per heavy atom. The molecule has 1 aromatic heterocycles. The van der Waals surface area contributed by atoms with Gasteiger partial charge in [-0.25, -0.2) is 4.98 Å². The molecule has 26 heavy (non-hydrogen) atoms. The normalized spacial score (nSPS) is 10.9. The van der Waals surface area contributed by atoms with Crippen LogP contribution in [0.1, 0.15) is 15.4 Å². The highest BCUT2D eigenvalue weighted by molar-refractivity contribution is 7.18. The van der Waals surface area contributed by atoms with E-state index in [9.17, 15) is 9.59 Å². The summed E-state index contributed by atoms with van der Waals surface area (Å²) in [5.74, 6) is -0.370. The number of hydrogen-bond donors (Lipinski definition) is 2. The first-order valence-electron chi connectivity index (χ1n) is 8.14. The van der Waals surface area contributed by atoms with Gasteiger partial charge in [-0.05, 0) is 51.4 Å². The zero-order chi connectivity index (χ0) is 18.7. The largest absolute Gasteiger partial charge is 0.323 e. The number of hydrogen-bond acceptors (Lipinski definition) is 5. The molecular weight excluding hydrogens is 348 g/mol. The second kappa shape index (κ2) is 7.63. The second-order valence-corrected chi connectivity index (χ2v) is 7.44. The Balaban J connectivity index is 1.79. The number of thiazole rings is 1. The van der Waals surface area contributed by atoms with Gasteiger partial charge in [-0.1, -0.05) is 12.1 Å². The van der Waals surface area contributed by atoms with Crippen molar-refractivity contribution in [1.82, 2.24) is 9.88 Å². The van der Waals surface area contributed by atoms with Crippen LogP contribution in [0.15, 0.2) is 42.5 Å². The molecule has 0 radical (unpaired) electrons. The molecule has 0 spiro atoms. The van der Waals surface area contributed by atoms with Crippen molar-refractivity contribution in [2.45, 2.75) is 6.92 Å². The first kappa shape index (κ1) is 18.0. The summed E-state index contributed by atoms with van der Waals surface area (Å²) in [5, 5.41) is 6.67. The van der Waals surface area contributed by atoms with Gasteiger partial charge in [-0.2, -0.15) is 0 Å². The van der Waals surface area contributed by atoms with E-state index in [1.807, 2.05) is 45.3 Å². The third kappa shape index (κ3) is 4.25. The molecule has 0 aliphatic rings. The number of anilines is 2. The van der Waals surface area contributed by atoms with E-state index in [1.165, 1.54) is 0 Å². The Morgan fingerprint density at radius 3 is 2.46 bits per heavy atom. The second-order valence-electron chi connectivity index (χ2n) is 6.20. The molecule has 3 rings (SSSR count). The number of likely N-dealkylation sites (N-methyl/N-ethyl adjacent to an activating group) is 1. The minimum Gasteiger partial charge on any atom is -0.323 e. The van der Waals surface area contributed by atoms with Crippen molar-refractivity contribution in [3.8, 4) is 0 Å². The fourth-order valence-corrected chi connectivity index (χ4v) is 3.42. The topological polar surface area (TPSA) is 74.3 Å². The van der Waals surface area contributed by atoms with Gasteiger partial charge in [0.05, 0.1) is 33.1 Å². The summed E-state index contributed by atoms with van der Waals surface area (Å²) >= 11 is 1.55. The summed E-state index contributed by atoms with van der Waals surface area (Å²) in [4.78, 5) is 30.8. The average molecular weight is 368 g/mol. The van der Waals surface area contributed by atoms with E-state index in [2.05, 4.69) is 15.6 Å². The lowest BCUT2D eigenvalue weighted by Gasteiger charge is -2.14. The van der Waals surface area contributed by atoms with Crippen LogP contribution in [-0.4, -0.2) is 42.3 Å². The lowest BCUT2D eigenvalue weighted by Crippen LogP contribution is -2.27. The van der Waals surface area contributed by atoms with Gasteiger partial charge in [0.25, 0.3) is 5.91 Å². The molecular formula is C19H20N4O2S. The first-order chi connectivity index (χ1) is 12.4. The summed E-state index contributed by atoms with van der Waals surface area (Å²) in [6.07, 6.45) is 0. The quantitative estimate of drug-likeness (QED) is 0.724. The average Bonchev–Trinajstić information content (AvgIpc) is 2.94. The number of aryl methyl sites for hydroxylation is 1. The van der Waals surface area contributed by atoms with Crippen molar-refractivity contribution in [2.75, 3.05) is 31.3 Å². The minimum absolute atomic E-state index is 0.141. The first-order valence-corrected chi connectivity index (χ1v) is 8.96. The van der Waals surface area contributed by atoms with Gasteiger partial charge in [0.15, 0.2) is 0 Å². The highest BCUT2D eigenvalue weighted by Gasteiger charge is 2.12. The molecule has 2 aromatic carbocycles. The number of aromatic nitrogens is 1. The Labute approximate surface area is 155 Å². The summed E-state index contributed by atoms with van der Waals surface area (Å²) < 4.78 is 0.975. The molecule has 0 aliphatic carbocycles. The lowest BCUT2D eigenvalue weighted by atomic mass is 10.2. The van der Waals surface area contributed by atoms with Gasteiger partial charge in [0.1, 0.15) is 0 Å². The number of carbonyl (C=O) groups is 2. The van der Waals surface area contributed by atoms with E-state index in [0.717, 1.165) is 15.2 Å². The molecule has 0 saturated carbocycles. The van der Waals surface area contributed by atoms with Gasteiger partial charge >= 0.3 is 0 Å². The molecule has 0 unspecified atom stereocenters. The molecule has 134 valence electrons. The lowest BCUT2D eigenvalue weighted by molar-refractivity contribution is -0.116. The minimum atomic E-state index is -0.229. The number of amides is 2. The van der Waals surface area contributed by atoms with E-state index >= 15 is 0 Å². The predicted octanol–water partition coefficient (Wildman–Crippen LogP) is 3.36. The highest BCUT2D eigenvalue weighted by atomic mass is 32.1. The molecule has 2 amide bonds.